The lowest BCUT2D eigenvalue weighted by Gasteiger charge is -2.33. The van der Waals surface area contributed by atoms with Crippen molar-refractivity contribution >= 4 is 28.9 Å². The van der Waals surface area contributed by atoms with Gasteiger partial charge in [-0.2, -0.15) is 0 Å². The summed E-state index contributed by atoms with van der Waals surface area (Å²) in [5.41, 5.74) is 4.36. The number of esters is 1. The molecule has 3 aliphatic heterocycles. The zero-order chi connectivity index (χ0) is 21.5. The highest BCUT2D eigenvalue weighted by Gasteiger charge is 2.33. The summed E-state index contributed by atoms with van der Waals surface area (Å²) in [7, 11) is 1.43. The van der Waals surface area contributed by atoms with Crippen LogP contribution in [0.4, 0.5) is 10.1 Å². The fourth-order valence-electron chi connectivity index (χ4n) is 4.70. The summed E-state index contributed by atoms with van der Waals surface area (Å²) in [5, 5.41) is 2.77. The number of nitrogens with one attached hydrogen (secondary N) is 1. The Hall–Kier alpha value is -3.19. The molecule has 1 N–H and O–H groups in total. The number of likely N-dealkylation sites (tertiary alicyclic amines) is 1. The predicted octanol–water partition coefficient (Wildman–Crippen LogP) is 3.70. The van der Waals surface area contributed by atoms with Crippen molar-refractivity contribution in [1.82, 2.24) is 4.90 Å². The van der Waals surface area contributed by atoms with Crippen LogP contribution in [-0.2, 0) is 32.2 Å². The minimum atomic E-state index is -0.399. The number of hydrogen-bond acceptors (Lipinski definition) is 5. The van der Waals surface area contributed by atoms with Crippen LogP contribution in [0.3, 0.4) is 0 Å². The average Bonchev–Trinajstić information content (AvgIpc) is 3.32. The van der Waals surface area contributed by atoms with Crippen molar-refractivity contribution in [1.29, 1.82) is 0 Å². The van der Waals surface area contributed by atoms with Crippen LogP contribution in [0.25, 0.3) is 11.3 Å². The van der Waals surface area contributed by atoms with Gasteiger partial charge in [0.15, 0.2) is 0 Å². The molecule has 2 aromatic carbocycles. The Balaban J connectivity index is 1.45. The van der Waals surface area contributed by atoms with Gasteiger partial charge in [-0.25, -0.2) is 4.39 Å². The topological polar surface area (TPSA) is 67.9 Å². The van der Waals surface area contributed by atoms with Crippen molar-refractivity contribution in [2.75, 3.05) is 19.0 Å². The Labute approximate surface area is 179 Å². The summed E-state index contributed by atoms with van der Waals surface area (Å²) in [6, 6.07) is 10.0. The SMILES string of the molecule is COC(=O)C1CCCCN1Cc1ccc2c(c1)CO/C2=C1/C(=O)Nc2ccc(F)cc21. The third-order valence-corrected chi connectivity index (χ3v) is 6.21. The summed E-state index contributed by atoms with van der Waals surface area (Å²) in [6.45, 7) is 1.85. The average molecular weight is 422 g/mol. The number of amides is 1. The van der Waals surface area contributed by atoms with E-state index < -0.39 is 5.82 Å². The summed E-state index contributed by atoms with van der Waals surface area (Å²) in [5.74, 6) is -0.395. The van der Waals surface area contributed by atoms with E-state index in [0.717, 1.165) is 42.5 Å². The summed E-state index contributed by atoms with van der Waals surface area (Å²) >= 11 is 0. The van der Waals surface area contributed by atoms with Crippen LogP contribution in [0.1, 0.15) is 41.5 Å². The minimum absolute atomic E-state index is 0.186. The lowest BCUT2D eigenvalue weighted by atomic mass is 9.97. The van der Waals surface area contributed by atoms with Gasteiger partial charge in [-0.1, -0.05) is 24.6 Å². The molecule has 1 atom stereocenters. The molecule has 0 spiro atoms. The molecule has 0 saturated carbocycles. The molecule has 1 fully saturated rings. The van der Waals surface area contributed by atoms with Crippen molar-refractivity contribution in [2.45, 2.75) is 38.5 Å². The third-order valence-electron chi connectivity index (χ3n) is 6.21. The van der Waals surface area contributed by atoms with Gasteiger partial charge in [0.25, 0.3) is 5.91 Å². The van der Waals surface area contributed by atoms with E-state index in [1.54, 1.807) is 6.07 Å². The maximum Gasteiger partial charge on any atom is 0.323 e. The van der Waals surface area contributed by atoms with Crippen molar-refractivity contribution in [3.8, 4) is 0 Å². The highest BCUT2D eigenvalue weighted by Crippen LogP contribution is 2.42. The lowest BCUT2D eigenvalue weighted by molar-refractivity contribution is -0.148. The second-order valence-corrected chi connectivity index (χ2v) is 8.13. The number of halogens is 1. The van der Waals surface area contributed by atoms with Crippen LogP contribution in [0.5, 0.6) is 0 Å². The van der Waals surface area contributed by atoms with Crippen LogP contribution in [0.2, 0.25) is 0 Å². The molecule has 0 aliphatic carbocycles. The van der Waals surface area contributed by atoms with Crippen LogP contribution in [0, 0.1) is 5.82 Å². The molecule has 0 radical (unpaired) electrons. The van der Waals surface area contributed by atoms with Gasteiger partial charge in [0.05, 0.1) is 12.7 Å². The molecule has 7 heteroatoms. The van der Waals surface area contributed by atoms with E-state index in [2.05, 4.69) is 16.3 Å². The molecule has 3 aliphatic rings. The van der Waals surface area contributed by atoms with E-state index in [-0.39, 0.29) is 17.9 Å². The van der Waals surface area contributed by atoms with Crippen LogP contribution < -0.4 is 5.32 Å². The molecule has 1 unspecified atom stereocenters. The van der Waals surface area contributed by atoms with Crippen LogP contribution in [-0.4, -0.2) is 36.5 Å². The maximum absolute atomic E-state index is 13.8. The highest BCUT2D eigenvalue weighted by atomic mass is 19.1. The van der Waals surface area contributed by atoms with Gasteiger partial charge in [-0.3, -0.25) is 14.5 Å². The van der Waals surface area contributed by atoms with Crippen molar-refractivity contribution in [2.24, 2.45) is 0 Å². The first kappa shape index (κ1) is 19.8. The number of carbonyl (C=O) groups is 2. The Morgan fingerprint density at radius 1 is 1.23 bits per heavy atom. The molecular formula is C24H23FN2O4. The fraction of sp³-hybridized carbons (Fsp3) is 0.333. The summed E-state index contributed by atoms with van der Waals surface area (Å²) < 4.78 is 24.7. The number of rotatable bonds is 3. The largest absolute Gasteiger partial charge is 0.487 e. The molecule has 3 heterocycles. The smallest absolute Gasteiger partial charge is 0.323 e. The van der Waals surface area contributed by atoms with Gasteiger partial charge in [-0.15, -0.1) is 0 Å². The molecule has 1 amide bonds. The summed E-state index contributed by atoms with van der Waals surface area (Å²) in [4.78, 5) is 26.9. The van der Waals surface area contributed by atoms with Gasteiger partial charge in [0.1, 0.15) is 24.2 Å². The second kappa shape index (κ2) is 7.81. The van der Waals surface area contributed by atoms with Crippen molar-refractivity contribution in [3.63, 3.8) is 0 Å². The van der Waals surface area contributed by atoms with E-state index in [9.17, 15) is 14.0 Å². The molecular weight excluding hydrogens is 399 g/mol. The van der Waals surface area contributed by atoms with Gasteiger partial charge in [-0.05, 0) is 43.1 Å². The standard InChI is InChI=1S/C24H23FN2O4/c1-30-24(29)20-4-2-3-9-27(20)12-14-5-7-17-15(10-14)13-31-22(17)21-18-11-16(25)6-8-19(18)26-23(21)28/h5-8,10-11,20H,2-4,9,12-13H2,1H3,(H,26,28)/b22-21+. The molecule has 5 rings (SSSR count). The zero-order valence-electron chi connectivity index (χ0n) is 17.2. The van der Waals surface area contributed by atoms with Gasteiger partial charge >= 0.3 is 5.97 Å². The van der Waals surface area contributed by atoms with Gasteiger partial charge in [0, 0.05) is 28.9 Å². The number of anilines is 1. The number of carbonyl (C=O) groups excluding carboxylic acids is 2. The number of nitrogens with zero attached hydrogens (tertiary/aromatic N) is 1. The second-order valence-electron chi connectivity index (χ2n) is 8.13. The number of ether oxygens (including phenoxy) is 2. The molecule has 0 aromatic heterocycles. The normalized spacial score (nSPS) is 22.5. The molecule has 1 saturated heterocycles. The first-order valence-corrected chi connectivity index (χ1v) is 10.5. The van der Waals surface area contributed by atoms with Crippen molar-refractivity contribution < 1.29 is 23.5 Å². The predicted molar refractivity (Wildman–Crippen MR) is 113 cm³/mol. The number of piperidine rings is 1. The Morgan fingerprint density at radius 3 is 2.94 bits per heavy atom. The zero-order valence-corrected chi connectivity index (χ0v) is 17.2. The minimum Gasteiger partial charge on any atom is -0.487 e. The first-order chi connectivity index (χ1) is 15.0. The molecule has 160 valence electrons. The Bertz CT molecular complexity index is 1110. The van der Waals surface area contributed by atoms with Crippen molar-refractivity contribution in [3.05, 3.63) is 64.5 Å². The van der Waals surface area contributed by atoms with E-state index >= 15 is 0 Å². The van der Waals surface area contributed by atoms with E-state index in [1.165, 1.54) is 19.2 Å². The first-order valence-electron chi connectivity index (χ1n) is 10.5. The van der Waals surface area contributed by atoms with E-state index in [1.807, 2.05) is 12.1 Å². The molecule has 0 bridgehead atoms. The number of fused-ring (bicyclic) bond motifs is 2. The van der Waals surface area contributed by atoms with E-state index in [0.29, 0.717) is 35.7 Å². The molecule has 6 nitrogen and oxygen atoms in total. The molecule has 2 aromatic rings. The van der Waals surface area contributed by atoms with Gasteiger partial charge in [0.2, 0.25) is 0 Å². The Kier molecular flexibility index (Phi) is 4.98. The van der Waals surface area contributed by atoms with Crippen LogP contribution in [0.15, 0.2) is 36.4 Å². The fourth-order valence-corrected chi connectivity index (χ4v) is 4.70. The maximum atomic E-state index is 13.8. The number of methoxy groups -OCH3 is 1. The van der Waals surface area contributed by atoms with Gasteiger partial charge < -0.3 is 14.8 Å². The number of hydrogen-bond donors (Lipinski definition) is 1. The monoisotopic (exact) mass is 422 g/mol. The lowest BCUT2D eigenvalue weighted by Crippen LogP contribution is -2.44. The third kappa shape index (κ3) is 3.49. The Morgan fingerprint density at radius 2 is 2.10 bits per heavy atom. The number of benzene rings is 2. The van der Waals surface area contributed by atoms with E-state index in [4.69, 9.17) is 9.47 Å². The highest BCUT2D eigenvalue weighted by molar-refractivity contribution is 6.36. The molecule has 31 heavy (non-hydrogen) atoms. The van der Waals surface area contributed by atoms with Crippen LogP contribution >= 0.6 is 0 Å². The summed E-state index contributed by atoms with van der Waals surface area (Å²) in [6.07, 6.45) is 2.89. The quantitative estimate of drug-likeness (QED) is 0.604.